The SMILES string of the molecule is Nc1[nH]c(=O)c(C(=O)O)c(-c2cc(Br)cc(OC(F)(F)F)c2O)c1C(=O)O. The zero-order chi connectivity index (χ0) is 20.7. The summed E-state index contributed by atoms with van der Waals surface area (Å²) in [5, 5.41) is 28.7. The van der Waals surface area contributed by atoms with Gasteiger partial charge in [0.25, 0.3) is 5.56 Å². The van der Waals surface area contributed by atoms with Gasteiger partial charge in [-0.3, -0.25) is 4.79 Å². The minimum absolute atomic E-state index is 0.138. The highest BCUT2D eigenvalue weighted by Crippen LogP contribution is 2.44. The highest BCUT2D eigenvalue weighted by atomic mass is 79.9. The van der Waals surface area contributed by atoms with Crippen LogP contribution in [0, 0.1) is 0 Å². The van der Waals surface area contributed by atoms with Crippen LogP contribution in [-0.2, 0) is 0 Å². The number of aromatic hydroxyl groups is 1. The molecule has 0 aliphatic heterocycles. The van der Waals surface area contributed by atoms with Crippen molar-refractivity contribution in [1.29, 1.82) is 0 Å². The van der Waals surface area contributed by atoms with Crippen molar-refractivity contribution in [2.75, 3.05) is 5.73 Å². The van der Waals surface area contributed by atoms with Crippen molar-refractivity contribution >= 4 is 33.7 Å². The summed E-state index contributed by atoms with van der Waals surface area (Å²) in [6, 6.07) is 1.62. The van der Waals surface area contributed by atoms with Gasteiger partial charge in [0.2, 0.25) is 0 Å². The summed E-state index contributed by atoms with van der Waals surface area (Å²) >= 11 is 2.84. The Bertz CT molecular complexity index is 1020. The number of nitrogen functional groups attached to an aromatic ring is 1. The molecule has 0 saturated carbocycles. The number of pyridine rings is 1. The zero-order valence-corrected chi connectivity index (χ0v) is 14.3. The van der Waals surface area contributed by atoms with Crippen molar-refractivity contribution in [2.45, 2.75) is 6.36 Å². The summed E-state index contributed by atoms with van der Waals surface area (Å²) < 4.78 is 41.1. The van der Waals surface area contributed by atoms with Crippen molar-refractivity contribution in [2.24, 2.45) is 0 Å². The van der Waals surface area contributed by atoms with E-state index in [4.69, 9.17) is 5.73 Å². The summed E-state index contributed by atoms with van der Waals surface area (Å²) in [6.07, 6.45) is -5.21. The molecular weight excluding hydrogens is 445 g/mol. The number of phenolic OH excluding ortho intramolecular Hbond substituents is 1. The Morgan fingerprint density at radius 1 is 1.15 bits per heavy atom. The van der Waals surface area contributed by atoms with Crippen LogP contribution in [0.4, 0.5) is 19.0 Å². The van der Waals surface area contributed by atoms with E-state index in [0.29, 0.717) is 6.07 Å². The largest absolute Gasteiger partial charge is 0.573 e. The number of nitrogens with one attached hydrogen (secondary N) is 1. The van der Waals surface area contributed by atoms with Crippen LogP contribution in [0.2, 0.25) is 0 Å². The van der Waals surface area contributed by atoms with E-state index in [1.165, 1.54) is 0 Å². The van der Waals surface area contributed by atoms with E-state index < -0.39 is 63.4 Å². The minimum Gasteiger partial charge on any atom is -0.504 e. The number of aromatic carboxylic acids is 2. The normalized spacial score (nSPS) is 11.3. The first kappa shape index (κ1) is 20.1. The number of aromatic amines is 1. The number of carboxylic acids is 2. The number of benzene rings is 1. The predicted molar refractivity (Wildman–Crippen MR) is 86.9 cm³/mol. The van der Waals surface area contributed by atoms with Gasteiger partial charge in [0, 0.05) is 15.6 Å². The molecule has 13 heteroatoms. The molecule has 0 fully saturated rings. The summed E-state index contributed by atoms with van der Waals surface area (Å²) in [4.78, 5) is 36.7. The number of alkyl halides is 3. The fourth-order valence-corrected chi connectivity index (χ4v) is 2.72. The van der Waals surface area contributed by atoms with Crippen molar-refractivity contribution in [1.82, 2.24) is 4.98 Å². The van der Waals surface area contributed by atoms with Crippen molar-refractivity contribution in [3.05, 3.63) is 38.1 Å². The fraction of sp³-hybridized carbons (Fsp3) is 0.0714. The van der Waals surface area contributed by atoms with Gasteiger partial charge in [-0.25, -0.2) is 9.59 Å². The number of aromatic nitrogens is 1. The standard InChI is InChI=1S/C14H8BrF3N2O7/c15-3-1-4(9(21)5(2-3)27-14(16,17)18)6-7(12(23)24)10(19)20-11(22)8(6)13(25)26/h1-2,21H,(H,23,24)(H,25,26)(H3,19,20,22). The topological polar surface area (TPSA) is 163 Å². The first-order chi connectivity index (χ1) is 12.3. The molecule has 9 nitrogen and oxygen atoms in total. The molecule has 0 saturated heterocycles. The molecule has 144 valence electrons. The van der Waals surface area contributed by atoms with E-state index in [0.717, 1.165) is 6.07 Å². The van der Waals surface area contributed by atoms with Gasteiger partial charge in [-0.15, -0.1) is 13.2 Å². The number of hydrogen-bond acceptors (Lipinski definition) is 6. The summed E-state index contributed by atoms with van der Waals surface area (Å²) in [5.41, 5.74) is 0.412. The van der Waals surface area contributed by atoms with Gasteiger partial charge < -0.3 is 30.8 Å². The molecule has 0 spiro atoms. The molecule has 6 N–H and O–H groups in total. The van der Waals surface area contributed by atoms with Gasteiger partial charge in [0.15, 0.2) is 11.5 Å². The maximum atomic E-state index is 12.5. The summed E-state index contributed by atoms with van der Waals surface area (Å²) in [5.74, 6) is -6.85. The molecule has 0 radical (unpaired) electrons. The van der Waals surface area contributed by atoms with Crippen LogP contribution in [0.25, 0.3) is 11.1 Å². The summed E-state index contributed by atoms with van der Waals surface area (Å²) in [7, 11) is 0. The lowest BCUT2D eigenvalue weighted by atomic mass is 9.94. The molecule has 2 aromatic rings. The number of ether oxygens (including phenoxy) is 1. The van der Waals surface area contributed by atoms with Gasteiger partial charge in [0.05, 0.1) is 0 Å². The quantitative estimate of drug-likeness (QED) is 0.471. The number of nitrogens with two attached hydrogens (primary N) is 1. The lowest BCUT2D eigenvalue weighted by Crippen LogP contribution is -2.24. The Balaban J connectivity index is 3.00. The number of H-pyrrole nitrogens is 1. The number of phenols is 1. The molecule has 0 amide bonds. The van der Waals surface area contributed by atoms with Crippen LogP contribution < -0.4 is 16.0 Å². The van der Waals surface area contributed by atoms with E-state index in [2.05, 4.69) is 20.7 Å². The highest BCUT2D eigenvalue weighted by molar-refractivity contribution is 9.10. The van der Waals surface area contributed by atoms with Crippen LogP contribution >= 0.6 is 15.9 Å². The van der Waals surface area contributed by atoms with E-state index >= 15 is 0 Å². The molecule has 0 atom stereocenters. The minimum atomic E-state index is -5.21. The Morgan fingerprint density at radius 2 is 1.70 bits per heavy atom. The molecular formula is C14H8BrF3N2O7. The predicted octanol–water partition coefficient (Wildman–Crippen LogP) is 2.39. The Labute approximate surface area is 154 Å². The average Bonchev–Trinajstić information content (AvgIpc) is 2.47. The fourth-order valence-electron chi connectivity index (χ4n) is 2.28. The zero-order valence-electron chi connectivity index (χ0n) is 12.7. The number of carboxylic acid groups (broad SMARTS) is 2. The molecule has 0 aliphatic rings. The first-order valence-electron chi connectivity index (χ1n) is 6.64. The molecule has 1 aromatic heterocycles. The van der Waals surface area contributed by atoms with Crippen LogP contribution in [0.3, 0.4) is 0 Å². The lowest BCUT2D eigenvalue weighted by molar-refractivity contribution is -0.275. The second kappa shape index (κ2) is 6.83. The molecule has 2 rings (SSSR count). The molecule has 0 bridgehead atoms. The molecule has 1 heterocycles. The van der Waals surface area contributed by atoms with Gasteiger partial charge in [-0.05, 0) is 12.1 Å². The number of anilines is 1. The van der Waals surface area contributed by atoms with Crippen molar-refractivity contribution in [3.8, 4) is 22.6 Å². The second-order valence-electron chi connectivity index (χ2n) is 4.95. The number of halogens is 4. The molecule has 1 aromatic carbocycles. The van der Waals surface area contributed by atoms with Gasteiger partial charge >= 0.3 is 18.3 Å². The molecule has 27 heavy (non-hydrogen) atoms. The van der Waals surface area contributed by atoms with Gasteiger partial charge in [-0.2, -0.15) is 0 Å². The van der Waals surface area contributed by atoms with Crippen LogP contribution in [0.5, 0.6) is 11.5 Å². The smallest absolute Gasteiger partial charge is 0.504 e. The van der Waals surface area contributed by atoms with E-state index in [1.54, 1.807) is 0 Å². The second-order valence-corrected chi connectivity index (χ2v) is 5.87. The van der Waals surface area contributed by atoms with Crippen molar-refractivity contribution < 1.29 is 42.8 Å². The number of rotatable bonds is 4. The van der Waals surface area contributed by atoms with Gasteiger partial charge in [0.1, 0.15) is 16.9 Å². The third-order valence-electron chi connectivity index (χ3n) is 3.21. The Hall–Kier alpha value is -3.22. The molecule has 0 aliphatic carbocycles. The average molecular weight is 453 g/mol. The maximum absolute atomic E-state index is 12.5. The first-order valence-corrected chi connectivity index (χ1v) is 7.43. The van der Waals surface area contributed by atoms with Crippen LogP contribution in [0.1, 0.15) is 20.7 Å². The van der Waals surface area contributed by atoms with E-state index in [-0.39, 0.29) is 4.47 Å². The van der Waals surface area contributed by atoms with E-state index in [9.17, 15) is 42.9 Å². The molecule has 0 unspecified atom stereocenters. The Morgan fingerprint density at radius 3 is 2.19 bits per heavy atom. The van der Waals surface area contributed by atoms with Crippen molar-refractivity contribution in [3.63, 3.8) is 0 Å². The van der Waals surface area contributed by atoms with E-state index in [1.807, 2.05) is 4.98 Å². The Kier molecular flexibility index (Phi) is 5.08. The lowest BCUT2D eigenvalue weighted by Gasteiger charge is -2.17. The highest BCUT2D eigenvalue weighted by Gasteiger charge is 2.34. The monoisotopic (exact) mass is 452 g/mol. The van der Waals surface area contributed by atoms with Gasteiger partial charge in [-0.1, -0.05) is 15.9 Å². The van der Waals surface area contributed by atoms with Crippen LogP contribution in [0.15, 0.2) is 21.4 Å². The third-order valence-corrected chi connectivity index (χ3v) is 3.66. The number of hydrogen-bond donors (Lipinski definition) is 5. The number of carbonyl (C=O) groups is 2. The van der Waals surface area contributed by atoms with Crippen LogP contribution in [-0.4, -0.2) is 38.6 Å². The maximum Gasteiger partial charge on any atom is 0.573 e. The summed E-state index contributed by atoms with van der Waals surface area (Å²) in [6.45, 7) is 0. The third kappa shape index (κ3) is 3.97.